The number of nitrogens with two attached hydrogens (primary N) is 1. The summed E-state index contributed by atoms with van der Waals surface area (Å²) in [7, 11) is -3.53. The minimum absolute atomic E-state index is 0.233. The van der Waals surface area contributed by atoms with E-state index in [1.165, 1.54) is 6.07 Å². The molecule has 1 saturated heterocycles. The number of hydrogen-bond acceptors (Lipinski definition) is 4. The smallest absolute Gasteiger partial charge is 0.240 e. The molecular formula is C13H19ClN2O2S2. The highest BCUT2D eigenvalue weighted by molar-refractivity contribution is 7.99. The highest BCUT2D eigenvalue weighted by Crippen LogP contribution is 2.26. The van der Waals surface area contributed by atoms with Gasteiger partial charge in [-0.25, -0.2) is 13.1 Å². The largest absolute Gasteiger partial charge is 0.326 e. The number of nitrogens with one attached hydrogen (secondary N) is 1. The molecule has 1 unspecified atom stereocenters. The second-order valence-corrected chi connectivity index (χ2v) is 8.30. The summed E-state index contributed by atoms with van der Waals surface area (Å²) in [6.45, 7) is 2.52. The van der Waals surface area contributed by atoms with E-state index >= 15 is 0 Å². The van der Waals surface area contributed by atoms with Crippen LogP contribution in [0.4, 0.5) is 0 Å². The Hall–Kier alpha value is -0.270. The van der Waals surface area contributed by atoms with Crippen LogP contribution in [-0.4, -0.2) is 26.5 Å². The van der Waals surface area contributed by atoms with Crippen molar-refractivity contribution in [1.82, 2.24) is 4.72 Å². The molecular weight excluding hydrogens is 316 g/mol. The molecule has 4 nitrogen and oxygen atoms in total. The number of hydrogen-bond donors (Lipinski definition) is 2. The molecule has 0 saturated carbocycles. The fraction of sp³-hybridized carbons (Fsp3) is 0.538. The first-order valence-electron chi connectivity index (χ1n) is 6.50. The van der Waals surface area contributed by atoms with Crippen LogP contribution < -0.4 is 10.5 Å². The van der Waals surface area contributed by atoms with Gasteiger partial charge in [-0.05, 0) is 54.0 Å². The fourth-order valence-electron chi connectivity index (χ4n) is 2.25. The molecule has 112 valence electrons. The van der Waals surface area contributed by atoms with Gasteiger partial charge in [0.15, 0.2) is 0 Å². The summed E-state index contributed by atoms with van der Waals surface area (Å²) in [5.74, 6) is 2.55. The van der Waals surface area contributed by atoms with Crippen LogP contribution in [0.25, 0.3) is 0 Å². The Morgan fingerprint density at radius 1 is 1.50 bits per heavy atom. The van der Waals surface area contributed by atoms with E-state index in [2.05, 4.69) is 4.72 Å². The molecule has 0 radical (unpaired) electrons. The topological polar surface area (TPSA) is 72.2 Å². The monoisotopic (exact) mass is 334 g/mol. The molecule has 1 fully saturated rings. The van der Waals surface area contributed by atoms with E-state index in [1.807, 2.05) is 11.8 Å². The van der Waals surface area contributed by atoms with Gasteiger partial charge in [0.25, 0.3) is 0 Å². The van der Waals surface area contributed by atoms with Crippen LogP contribution in [-0.2, 0) is 16.6 Å². The van der Waals surface area contributed by atoms with E-state index in [0.717, 1.165) is 23.5 Å². The summed E-state index contributed by atoms with van der Waals surface area (Å²) >= 11 is 7.85. The molecule has 1 atom stereocenters. The molecule has 1 heterocycles. The number of rotatable bonds is 5. The average Bonchev–Trinajstić information content (AvgIpc) is 2.92. The second-order valence-electron chi connectivity index (χ2n) is 4.97. The molecule has 3 N–H and O–H groups in total. The van der Waals surface area contributed by atoms with Gasteiger partial charge in [0, 0.05) is 18.1 Å². The van der Waals surface area contributed by atoms with Crippen molar-refractivity contribution < 1.29 is 8.42 Å². The van der Waals surface area contributed by atoms with Gasteiger partial charge in [-0.2, -0.15) is 11.8 Å². The normalized spacial score (nSPS) is 19.4. The lowest BCUT2D eigenvalue weighted by atomic mass is 10.1. The van der Waals surface area contributed by atoms with Crippen LogP contribution in [0.5, 0.6) is 0 Å². The Morgan fingerprint density at radius 3 is 2.85 bits per heavy atom. The number of benzene rings is 1. The molecule has 0 aliphatic carbocycles. The van der Waals surface area contributed by atoms with Crippen molar-refractivity contribution in [2.75, 3.05) is 18.1 Å². The average molecular weight is 335 g/mol. The predicted molar refractivity (Wildman–Crippen MR) is 84.7 cm³/mol. The van der Waals surface area contributed by atoms with Gasteiger partial charge in [-0.15, -0.1) is 0 Å². The molecule has 1 aromatic rings. The van der Waals surface area contributed by atoms with Crippen molar-refractivity contribution in [2.24, 2.45) is 11.7 Å². The summed E-state index contributed by atoms with van der Waals surface area (Å²) in [4.78, 5) is 0.233. The number of halogens is 1. The number of sulfonamides is 1. The van der Waals surface area contributed by atoms with E-state index in [1.54, 1.807) is 13.0 Å². The Bertz CT molecular complexity index is 584. The predicted octanol–water partition coefficient (Wildman–Crippen LogP) is 2.14. The van der Waals surface area contributed by atoms with Crippen molar-refractivity contribution in [3.8, 4) is 0 Å². The molecule has 1 aliphatic heterocycles. The summed E-state index contributed by atoms with van der Waals surface area (Å²) in [5.41, 5.74) is 7.06. The molecule has 2 rings (SSSR count). The maximum atomic E-state index is 12.4. The number of thioether (sulfide) groups is 1. The SMILES string of the molecule is Cc1c(CN)cc(Cl)cc1S(=O)(=O)NCC1CCSC1. The molecule has 7 heteroatoms. The van der Waals surface area contributed by atoms with E-state index in [-0.39, 0.29) is 11.4 Å². The third-order valence-electron chi connectivity index (χ3n) is 3.53. The van der Waals surface area contributed by atoms with E-state index in [4.69, 9.17) is 17.3 Å². The third kappa shape index (κ3) is 3.68. The zero-order chi connectivity index (χ0) is 14.8. The molecule has 0 bridgehead atoms. The van der Waals surface area contributed by atoms with E-state index in [9.17, 15) is 8.42 Å². The van der Waals surface area contributed by atoms with Crippen LogP contribution in [0.15, 0.2) is 17.0 Å². The lowest BCUT2D eigenvalue weighted by Gasteiger charge is -2.14. The van der Waals surface area contributed by atoms with Crippen LogP contribution in [0.1, 0.15) is 17.5 Å². The van der Waals surface area contributed by atoms with Crippen LogP contribution >= 0.6 is 23.4 Å². The Balaban J connectivity index is 2.22. The third-order valence-corrected chi connectivity index (χ3v) is 6.53. The molecule has 0 amide bonds. The molecule has 1 aliphatic rings. The summed E-state index contributed by atoms with van der Waals surface area (Å²) in [5, 5.41) is 0.396. The second kappa shape index (κ2) is 6.66. The quantitative estimate of drug-likeness (QED) is 0.865. The Labute approximate surface area is 129 Å². The van der Waals surface area contributed by atoms with Crippen molar-refractivity contribution in [1.29, 1.82) is 0 Å². The Kier molecular flexibility index (Phi) is 5.36. The van der Waals surface area contributed by atoms with Crippen molar-refractivity contribution in [3.63, 3.8) is 0 Å². The van der Waals surface area contributed by atoms with Crippen molar-refractivity contribution in [3.05, 3.63) is 28.3 Å². The molecule has 20 heavy (non-hydrogen) atoms. The van der Waals surface area contributed by atoms with Gasteiger partial charge < -0.3 is 5.73 Å². The highest BCUT2D eigenvalue weighted by Gasteiger charge is 2.22. The van der Waals surface area contributed by atoms with Crippen LogP contribution in [0.2, 0.25) is 5.02 Å². The van der Waals surface area contributed by atoms with Crippen LogP contribution in [0.3, 0.4) is 0 Å². The lowest BCUT2D eigenvalue weighted by Crippen LogP contribution is -2.30. The summed E-state index contributed by atoms with van der Waals surface area (Å²) in [6, 6.07) is 3.20. The first-order valence-corrected chi connectivity index (χ1v) is 9.52. The zero-order valence-electron chi connectivity index (χ0n) is 11.4. The fourth-order valence-corrected chi connectivity index (χ4v) is 5.27. The summed E-state index contributed by atoms with van der Waals surface area (Å²) < 4.78 is 27.5. The van der Waals surface area contributed by atoms with Gasteiger partial charge in [-0.3, -0.25) is 0 Å². The van der Waals surface area contributed by atoms with E-state index in [0.29, 0.717) is 23.0 Å². The standard InChI is InChI=1S/C13H19ClN2O2S2/c1-9-11(6-15)4-12(14)5-13(9)20(17,18)16-7-10-2-3-19-8-10/h4-5,10,16H,2-3,6-8,15H2,1H3. The zero-order valence-corrected chi connectivity index (χ0v) is 13.7. The Morgan fingerprint density at radius 2 is 2.25 bits per heavy atom. The van der Waals surface area contributed by atoms with Gasteiger partial charge in [0.2, 0.25) is 10.0 Å². The summed E-state index contributed by atoms with van der Waals surface area (Å²) in [6.07, 6.45) is 1.07. The molecule has 1 aromatic carbocycles. The van der Waals surface area contributed by atoms with Gasteiger partial charge in [0.05, 0.1) is 4.90 Å². The highest BCUT2D eigenvalue weighted by atomic mass is 35.5. The van der Waals surface area contributed by atoms with Gasteiger partial charge in [-0.1, -0.05) is 11.6 Å². The minimum atomic E-state index is -3.53. The van der Waals surface area contributed by atoms with E-state index < -0.39 is 10.0 Å². The molecule has 0 aromatic heterocycles. The maximum Gasteiger partial charge on any atom is 0.240 e. The van der Waals surface area contributed by atoms with Crippen molar-refractivity contribution in [2.45, 2.75) is 24.8 Å². The molecule has 0 spiro atoms. The van der Waals surface area contributed by atoms with Crippen molar-refractivity contribution >= 4 is 33.4 Å². The van der Waals surface area contributed by atoms with Gasteiger partial charge >= 0.3 is 0 Å². The van der Waals surface area contributed by atoms with Gasteiger partial charge in [0.1, 0.15) is 0 Å². The minimum Gasteiger partial charge on any atom is -0.326 e. The first kappa shape index (κ1) is 16.1. The maximum absolute atomic E-state index is 12.4. The lowest BCUT2D eigenvalue weighted by molar-refractivity contribution is 0.545. The van der Waals surface area contributed by atoms with Crippen LogP contribution in [0, 0.1) is 12.8 Å². The first-order chi connectivity index (χ1) is 9.44.